The number of anilines is 2. The van der Waals surface area contributed by atoms with Crippen LogP contribution in [-0.4, -0.2) is 31.5 Å². The number of benzene rings is 2. The predicted octanol–water partition coefficient (Wildman–Crippen LogP) is 3.31. The Kier molecular flexibility index (Phi) is 6.08. The van der Waals surface area contributed by atoms with Crippen LogP contribution in [0.25, 0.3) is 0 Å². The van der Waals surface area contributed by atoms with Gasteiger partial charge in [-0.3, -0.25) is 19.2 Å². The minimum absolute atomic E-state index is 0.0980. The molecule has 0 fully saturated rings. The molecule has 0 saturated carbocycles. The van der Waals surface area contributed by atoms with Crippen molar-refractivity contribution in [1.29, 1.82) is 0 Å². The summed E-state index contributed by atoms with van der Waals surface area (Å²) in [6.45, 7) is 6.76. The zero-order chi connectivity index (χ0) is 21.2. The van der Waals surface area contributed by atoms with Crippen molar-refractivity contribution in [3.05, 3.63) is 63.2 Å². The molecule has 9 heteroatoms. The highest BCUT2D eigenvalue weighted by molar-refractivity contribution is 7.92. The van der Waals surface area contributed by atoms with E-state index in [0.29, 0.717) is 11.3 Å². The molecule has 2 aromatic rings. The maximum Gasteiger partial charge on any atom is 0.271 e. The van der Waals surface area contributed by atoms with Crippen molar-refractivity contribution in [3.8, 4) is 0 Å². The van der Waals surface area contributed by atoms with E-state index >= 15 is 0 Å². The Morgan fingerprint density at radius 3 is 2.18 bits per heavy atom. The van der Waals surface area contributed by atoms with Gasteiger partial charge in [-0.05, 0) is 44.4 Å². The number of nitro groups is 1. The molecule has 0 radical (unpaired) electrons. The van der Waals surface area contributed by atoms with Gasteiger partial charge in [0.1, 0.15) is 6.04 Å². The fraction of sp³-hybridized carbons (Fsp3) is 0.316. The lowest BCUT2D eigenvalue weighted by Gasteiger charge is -2.29. The first-order valence-corrected chi connectivity index (χ1v) is 10.4. The van der Waals surface area contributed by atoms with Crippen LogP contribution >= 0.6 is 0 Å². The largest absolute Gasteiger partial charge is 0.324 e. The van der Waals surface area contributed by atoms with Crippen molar-refractivity contribution < 1.29 is 18.1 Å². The molecule has 1 atom stereocenters. The number of nitrogens with one attached hydrogen (secondary N) is 1. The normalized spacial score (nSPS) is 12.3. The van der Waals surface area contributed by atoms with Crippen molar-refractivity contribution >= 4 is 33.0 Å². The van der Waals surface area contributed by atoms with Crippen LogP contribution in [0.1, 0.15) is 23.6 Å². The first-order valence-electron chi connectivity index (χ1n) is 8.55. The fourth-order valence-electron chi connectivity index (χ4n) is 2.97. The van der Waals surface area contributed by atoms with Gasteiger partial charge < -0.3 is 5.32 Å². The van der Waals surface area contributed by atoms with Crippen LogP contribution in [0.4, 0.5) is 17.1 Å². The number of hydrogen-bond acceptors (Lipinski definition) is 5. The molecule has 2 rings (SSSR count). The van der Waals surface area contributed by atoms with Gasteiger partial charge in [-0.15, -0.1) is 0 Å². The van der Waals surface area contributed by atoms with E-state index in [1.165, 1.54) is 25.1 Å². The topological polar surface area (TPSA) is 110 Å². The molecular weight excluding hydrogens is 382 g/mol. The van der Waals surface area contributed by atoms with Crippen LogP contribution in [-0.2, 0) is 14.8 Å². The first kappa shape index (κ1) is 21.4. The van der Waals surface area contributed by atoms with Gasteiger partial charge in [0, 0.05) is 17.8 Å². The molecule has 8 nitrogen and oxygen atoms in total. The Hall–Kier alpha value is -2.94. The molecule has 0 saturated heterocycles. The Morgan fingerprint density at radius 2 is 1.68 bits per heavy atom. The van der Waals surface area contributed by atoms with E-state index in [4.69, 9.17) is 0 Å². The highest BCUT2D eigenvalue weighted by Gasteiger charge is 2.31. The van der Waals surface area contributed by atoms with Gasteiger partial charge >= 0.3 is 0 Å². The fourth-order valence-corrected chi connectivity index (χ4v) is 4.19. The highest BCUT2D eigenvalue weighted by atomic mass is 32.2. The summed E-state index contributed by atoms with van der Waals surface area (Å²) in [6.07, 6.45) is 0.966. The van der Waals surface area contributed by atoms with Crippen LogP contribution in [0.3, 0.4) is 0 Å². The minimum Gasteiger partial charge on any atom is -0.324 e. The van der Waals surface area contributed by atoms with Gasteiger partial charge in [0.25, 0.3) is 5.69 Å². The molecule has 1 N–H and O–H groups in total. The number of hydrogen-bond donors (Lipinski definition) is 1. The van der Waals surface area contributed by atoms with Crippen molar-refractivity contribution in [1.82, 2.24) is 0 Å². The number of amides is 1. The third kappa shape index (κ3) is 4.48. The molecule has 0 spiro atoms. The third-order valence-electron chi connectivity index (χ3n) is 4.46. The molecule has 1 amide bonds. The standard InChI is InChI=1S/C19H23N3O5S/c1-12-9-10-16(22(24)25)11-17(12)21(28(5,26)27)15(4)19(23)20-18-13(2)7-6-8-14(18)3/h6-11,15H,1-5H3,(H,20,23)/t15-/m1/s1. The number of nitrogens with zero attached hydrogens (tertiary/aromatic N) is 2. The molecule has 0 heterocycles. The van der Waals surface area contributed by atoms with Gasteiger partial charge in [-0.25, -0.2) is 8.42 Å². The number of rotatable bonds is 6. The van der Waals surface area contributed by atoms with Crippen LogP contribution < -0.4 is 9.62 Å². The van der Waals surface area contributed by atoms with E-state index in [0.717, 1.165) is 21.7 Å². The quantitative estimate of drug-likeness (QED) is 0.586. The second-order valence-corrected chi connectivity index (χ2v) is 8.58. The summed E-state index contributed by atoms with van der Waals surface area (Å²) in [5, 5.41) is 13.9. The van der Waals surface area contributed by atoms with E-state index in [-0.39, 0.29) is 11.4 Å². The maximum absolute atomic E-state index is 12.9. The van der Waals surface area contributed by atoms with E-state index in [9.17, 15) is 23.3 Å². The second kappa shape index (κ2) is 7.97. The van der Waals surface area contributed by atoms with Crippen LogP contribution in [0.5, 0.6) is 0 Å². The predicted molar refractivity (Wildman–Crippen MR) is 109 cm³/mol. The van der Waals surface area contributed by atoms with Gasteiger partial charge in [0.15, 0.2) is 0 Å². The molecule has 28 heavy (non-hydrogen) atoms. The minimum atomic E-state index is -3.89. The molecule has 0 unspecified atom stereocenters. The highest BCUT2D eigenvalue weighted by Crippen LogP contribution is 2.30. The summed E-state index contributed by atoms with van der Waals surface area (Å²) < 4.78 is 25.9. The van der Waals surface area contributed by atoms with Gasteiger partial charge in [-0.1, -0.05) is 24.3 Å². The molecular formula is C19H23N3O5S. The zero-order valence-corrected chi connectivity index (χ0v) is 17.2. The molecule has 0 aliphatic rings. The lowest BCUT2D eigenvalue weighted by Crippen LogP contribution is -2.45. The number of nitro benzene ring substituents is 1. The summed E-state index contributed by atoms with van der Waals surface area (Å²) >= 11 is 0. The molecule has 0 aliphatic carbocycles. The number of non-ortho nitro benzene ring substituents is 1. The third-order valence-corrected chi connectivity index (χ3v) is 5.69. The Morgan fingerprint density at radius 1 is 1.11 bits per heavy atom. The van der Waals surface area contributed by atoms with Crippen LogP contribution in [0.15, 0.2) is 36.4 Å². The van der Waals surface area contributed by atoms with Gasteiger partial charge in [0.2, 0.25) is 15.9 Å². The smallest absolute Gasteiger partial charge is 0.271 e. The summed E-state index contributed by atoms with van der Waals surface area (Å²) in [5.74, 6) is -0.534. The van der Waals surface area contributed by atoms with Gasteiger partial charge in [0.05, 0.1) is 16.9 Å². The Balaban J connectivity index is 2.48. The number of sulfonamides is 1. The first-order chi connectivity index (χ1) is 12.9. The number of carbonyl (C=O) groups excluding carboxylic acids is 1. The van der Waals surface area contributed by atoms with Crippen molar-refractivity contribution in [2.24, 2.45) is 0 Å². The number of aryl methyl sites for hydroxylation is 3. The number of para-hydroxylation sites is 1. The van der Waals surface area contributed by atoms with E-state index in [1.807, 2.05) is 32.0 Å². The monoisotopic (exact) mass is 405 g/mol. The molecule has 150 valence electrons. The van der Waals surface area contributed by atoms with E-state index in [2.05, 4.69) is 5.32 Å². The summed E-state index contributed by atoms with van der Waals surface area (Å²) in [5.41, 5.74) is 2.65. The Bertz CT molecular complexity index is 1010. The lowest BCUT2D eigenvalue weighted by atomic mass is 10.1. The average Bonchev–Trinajstić information content (AvgIpc) is 2.58. The summed E-state index contributed by atoms with van der Waals surface area (Å²) in [4.78, 5) is 23.4. The Labute approximate surface area is 164 Å². The maximum atomic E-state index is 12.9. The average molecular weight is 405 g/mol. The summed E-state index contributed by atoms with van der Waals surface area (Å²) in [6, 6.07) is 8.34. The second-order valence-electron chi connectivity index (χ2n) is 6.72. The van der Waals surface area contributed by atoms with Gasteiger partial charge in [-0.2, -0.15) is 0 Å². The molecule has 0 aromatic heterocycles. The van der Waals surface area contributed by atoms with Crippen molar-refractivity contribution in [3.63, 3.8) is 0 Å². The number of carbonyl (C=O) groups is 1. The SMILES string of the molecule is Cc1ccc([N+](=O)[O-])cc1N([C@H](C)C(=O)Nc1c(C)cccc1C)S(C)(=O)=O. The zero-order valence-electron chi connectivity index (χ0n) is 16.4. The van der Waals surface area contributed by atoms with E-state index < -0.39 is 26.9 Å². The molecule has 0 aliphatic heterocycles. The van der Waals surface area contributed by atoms with Crippen LogP contribution in [0.2, 0.25) is 0 Å². The van der Waals surface area contributed by atoms with Crippen molar-refractivity contribution in [2.75, 3.05) is 15.9 Å². The van der Waals surface area contributed by atoms with Crippen molar-refractivity contribution in [2.45, 2.75) is 33.7 Å². The molecule has 2 aromatic carbocycles. The molecule has 0 bridgehead atoms. The lowest BCUT2D eigenvalue weighted by molar-refractivity contribution is -0.384. The van der Waals surface area contributed by atoms with Crippen LogP contribution in [0, 0.1) is 30.9 Å². The van der Waals surface area contributed by atoms with E-state index in [1.54, 1.807) is 6.92 Å². The summed E-state index contributed by atoms with van der Waals surface area (Å²) in [7, 11) is -3.89.